The second-order valence-corrected chi connectivity index (χ2v) is 6.76. The Hall–Kier alpha value is -2.35. The molecule has 8 heteroatoms. The monoisotopic (exact) mass is 350 g/mol. The maximum absolute atomic E-state index is 12.5. The fourth-order valence-electron chi connectivity index (χ4n) is 2.41. The van der Waals surface area contributed by atoms with E-state index in [0.717, 1.165) is 22.2 Å². The number of imide groups is 1. The second-order valence-electron chi connectivity index (χ2n) is 5.52. The predicted octanol–water partition coefficient (Wildman–Crippen LogP) is 0.949. The van der Waals surface area contributed by atoms with Crippen LogP contribution >= 0.6 is 11.8 Å². The zero-order chi connectivity index (χ0) is 17.9. The molecule has 7 nitrogen and oxygen atoms in total. The number of anilines is 1. The third-order valence-corrected chi connectivity index (χ3v) is 4.80. The summed E-state index contributed by atoms with van der Waals surface area (Å²) in [7, 11) is 0. The highest BCUT2D eigenvalue weighted by Crippen LogP contribution is 2.30. The molecule has 24 heavy (non-hydrogen) atoms. The number of aryl methyl sites for hydroxylation is 1. The molecule has 0 unspecified atom stereocenters. The van der Waals surface area contributed by atoms with Gasteiger partial charge < -0.3 is 10.4 Å². The Morgan fingerprint density at radius 3 is 2.71 bits per heavy atom. The standard InChI is InChI=1S/C16H18N2O5S/c1-9-4-3-5-11(6-9)18-14(20)7-13(15(18)21)24-8-12(16(22)23)17-10(2)19/h3-6,12-13H,7-8H2,1-2H3,(H,17,19)(H,22,23)/t12-,13-/m1/s1. The largest absolute Gasteiger partial charge is 0.480 e. The summed E-state index contributed by atoms with van der Waals surface area (Å²) in [5, 5.41) is 10.7. The topological polar surface area (TPSA) is 104 Å². The summed E-state index contributed by atoms with van der Waals surface area (Å²) in [4.78, 5) is 47.9. The van der Waals surface area contributed by atoms with E-state index in [0.29, 0.717) is 5.69 Å². The van der Waals surface area contributed by atoms with Gasteiger partial charge in [0, 0.05) is 19.1 Å². The van der Waals surface area contributed by atoms with Gasteiger partial charge in [0.05, 0.1) is 10.9 Å². The molecule has 1 aromatic rings. The Bertz CT molecular complexity index is 691. The van der Waals surface area contributed by atoms with Crippen LogP contribution in [0.5, 0.6) is 0 Å². The molecule has 1 aromatic carbocycles. The van der Waals surface area contributed by atoms with Crippen LogP contribution in [0.4, 0.5) is 5.69 Å². The lowest BCUT2D eigenvalue weighted by Crippen LogP contribution is -2.42. The van der Waals surface area contributed by atoms with Crippen LogP contribution in [0.2, 0.25) is 0 Å². The molecule has 2 atom stereocenters. The highest BCUT2D eigenvalue weighted by Gasteiger charge is 2.40. The van der Waals surface area contributed by atoms with Crippen molar-refractivity contribution in [3.05, 3.63) is 29.8 Å². The number of nitrogens with zero attached hydrogens (tertiary/aromatic N) is 1. The Morgan fingerprint density at radius 2 is 2.12 bits per heavy atom. The van der Waals surface area contributed by atoms with Crippen LogP contribution in [0.15, 0.2) is 24.3 Å². The lowest BCUT2D eigenvalue weighted by molar-refractivity contribution is -0.140. The zero-order valence-corrected chi connectivity index (χ0v) is 14.1. The van der Waals surface area contributed by atoms with E-state index in [9.17, 15) is 19.2 Å². The van der Waals surface area contributed by atoms with Crippen LogP contribution in [-0.2, 0) is 19.2 Å². The van der Waals surface area contributed by atoms with Crippen molar-refractivity contribution in [1.82, 2.24) is 5.32 Å². The van der Waals surface area contributed by atoms with Gasteiger partial charge in [-0.1, -0.05) is 12.1 Å². The number of carbonyl (C=O) groups is 4. The molecular weight excluding hydrogens is 332 g/mol. The van der Waals surface area contributed by atoms with Crippen LogP contribution in [-0.4, -0.2) is 45.8 Å². The maximum atomic E-state index is 12.5. The first-order chi connectivity index (χ1) is 11.3. The van der Waals surface area contributed by atoms with Crippen LogP contribution in [0.25, 0.3) is 0 Å². The maximum Gasteiger partial charge on any atom is 0.327 e. The molecule has 0 aliphatic carbocycles. The third kappa shape index (κ3) is 4.14. The smallest absolute Gasteiger partial charge is 0.327 e. The fraction of sp³-hybridized carbons (Fsp3) is 0.375. The number of carboxylic acids is 1. The number of nitrogens with one attached hydrogen (secondary N) is 1. The molecule has 0 saturated carbocycles. The molecule has 2 rings (SSSR count). The molecule has 1 aliphatic rings. The van der Waals surface area contributed by atoms with Crippen LogP contribution < -0.4 is 10.2 Å². The number of carbonyl (C=O) groups excluding carboxylic acids is 3. The number of rotatable bonds is 6. The van der Waals surface area contributed by atoms with Crippen LogP contribution in [0, 0.1) is 6.92 Å². The van der Waals surface area contributed by atoms with E-state index < -0.39 is 23.2 Å². The van der Waals surface area contributed by atoms with E-state index in [-0.39, 0.29) is 24.0 Å². The van der Waals surface area contributed by atoms with Crippen molar-refractivity contribution in [2.45, 2.75) is 31.6 Å². The van der Waals surface area contributed by atoms with Gasteiger partial charge in [0.15, 0.2) is 0 Å². The summed E-state index contributed by atoms with van der Waals surface area (Å²) >= 11 is 1.07. The Morgan fingerprint density at radius 1 is 1.42 bits per heavy atom. The number of thioether (sulfide) groups is 1. The van der Waals surface area contributed by atoms with Gasteiger partial charge in [-0.25, -0.2) is 9.69 Å². The number of hydrogen-bond acceptors (Lipinski definition) is 5. The molecule has 0 spiro atoms. The van der Waals surface area contributed by atoms with Crippen molar-refractivity contribution in [2.24, 2.45) is 0 Å². The summed E-state index contributed by atoms with van der Waals surface area (Å²) in [5.41, 5.74) is 1.45. The number of carboxylic acid groups (broad SMARTS) is 1. The first-order valence-corrected chi connectivity index (χ1v) is 8.39. The Labute approximate surface area is 143 Å². The molecule has 1 saturated heterocycles. The average molecular weight is 350 g/mol. The van der Waals surface area contributed by atoms with Crippen molar-refractivity contribution in [2.75, 3.05) is 10.7 Å². The van der Waals surface area contributed by atoms with Gasteiger partial charge in [-0.3, -0.25) is 14.4 Å². The molecular formula is C16H18N2O5S. The minimum absolute atomic E-state index is 0.0141. The highest BCUT2D eigenvalue weighted by atomic mass is 32.2. The van der Waals surface area contributed by atoms with Crippen molar-refractivity contribution < 1.29 is 24.3 Å². The summed E-state index contributed by atoms with van der Waals surface area (Å²) in [5.74, 6) is -2.29. The quantitative estimate of drug-likeness (QED) is 0.740. The molecule has 1 heterocycles. The Kier molecular flexibility index (Phi) is 5.61. The van der Waals surface area contributed by atoms with Crippen molar-refractivity contribution in [3.8, 4) is 0 Å². The number of benzene rings is 1. The van der Waals surface area contributed by atoms with Gasteiger partial charge in [0.1, 0.15) is 6.04 Å². The van der Waals surface area contributed by atoms with Gasteiger partial charge in [-0.15, -0.1) is 11.8 Å². The average Bonchev–Trinajstić information content (AvgIpc) is 2.77. The first-order valence-electron chi connectivity index (χ1n) is 7.34. The first kappa shape index (κ1) is 18.0. The zero-order valence-electron chi connectivity index (χ0n) is 13.3. The normalized spacial score (nSPS) is 18.6. The summed E-state index contributed by atoms with van der Waals surface area (Å²) in [6, 6.07) is 5.98. The van der Waals surface area contributed by atoms with Crippen molar-refractivity contribution in [3.63, 3.8) is 0 Å². The van der Waals surface area contributed by atoms with E-state index in [2.05, 4.69) is 5.32 Å². The highest BCUT2D eigenvalue weighted by molar-refractivity contribution is 8.00. The molecule has 0 aromatic heterocycles. The molecule has 128 valence electrons. The van der Waals surface area contributed by atoms with Crippen molar-refractivity contribution in [1.29, 1.82) is 0 Å². The number of amides is 3. The summed E-state index contributed by atoms with van der Waals surface area (Å²) < 4.78 is 0. The van der Waals surface area contributed by atoms with E-state index in [1.807, 2.05) is 13.0 Å². The van der Waals surface area contributed by atoms with E-state index >= 15 is 0 Å². The molecule has 2 N–H and O–H groups in total. The third-order valence-electron chi connectivity index (χ3n) is 3.50. The summed E-state index contributed by atoms with van der Waals surface area (Å²) in [6.45, 7) is 3.09. The Balaban J connectivity index is 2.06. The van der Waals surface area contributed by atoms with E-state index in [1.54, 1.807) is 18.2 Å². The number of hydrogen-bond donors (Lipinski definition) is 2. The molecule has 0 radical (unpaired) electrons. The van der Waals surface area contributed by atoms with Gasteiger partial charge in [-0.05, 0) is 24.6 Å². The van der Waals surface area contributed by atoms with Gasteiger partial charge in [-0.2, -0.15) is 0 Å². The van der Waals surface area contributed by atoms with Crippen LogP contribution in [0.1, 0.15) is 18.9 Å². The predicted molar refractivity (Wildman–Crippen MR) is 89.8 cm³/mol. The SMILES string of the molecule is CC(=O)N[C@H](CS[C@@H]1CC(=O)N(c2cccc(C)c2)C1=O)C(=O)O. The minimum atomic E-state index is -1.18. The van der Waals surface area contributed by atoms with Crippen LogP contribution in [0.3, 0.4) is 0 Å². The fourth-order valence-corrected chi connectivity index (χ4v) is 3.56. The van der Waals surface area contributed by atoms with Gasteiger partial charge in [0.25, 0.3) is 0 Å². The number of aliphatic carboxylic acids is 1. The molecule has 1 fully saturated rings. The van der Waals surface area contributed by atoms with Crippen molar-refractivity contribution >= 4 is 41.1 Å². The molecule has 3 amide bonds. The van der Waals surface area contributed by atoms with Gasteiger partial charge >= 0.3 is 5.97 Å². The molecule has 0 bridgehead atoms. The van der Waals surface area contributed by atoms with E-state index in [4.69, 9.17) is 5.11 Å². The lowest BCUT2D eigenvalue weighted by atomic mass is 10.2. The van der Waals surface area contributed by atoms with E-state index in [1.165, 1.54) is 6.92 Å². The minimum Gasteiger partial charge on any atom is -0.480 e. The summed E-state index contributed by atoms with van der Waals surface area (Å²) in [6.07, 6.45) is 0.0177. The second kappa shape index (κ2) is 7.48. The van der Waals surface area contributed by atoms with Gasteiger partial charge in [0.2, 0.25) is 17.7 Å². The lowest BCUT2D eigenvalue weighted by Gasteiger charge is -2.17. The molecule has 1 aliphatic heterocycles.